The third kappa shape index (κ3) is 9.80. The van der Waals surface area contributed by atoms with E-state index in [0.717, 1.165) is 59.5 Å². The summed E-state index contributed by atoms with van der Waals surface area (Å²) in [4.78, 5) is 11.0. The molecule has 3 atom stereocenters. The molecule has 2 rings (SSSR count). The number of carbonyl (C=O) groups is 1. The number of hydrogen-bond donors (Lipinski definition) is 1. The summed E-state index contributed by atoms with van der Waals surface area (Å²) in [5, 5.41) is 9.02. The van der Waals surface area contributed by atoms with Gasteiger partial charge in [-0.2, -0.15) is 0 Å². The quantitative estimate of drug-likeness (QED) is 0.248. The number of rotatable bonds is 15. The molecular weight excluding hydrogens is 472 g/mol. The molecule has 4 nitrogen and oxygen atoms in total. The Bertz CT molecular complexity index is 835. The van der Waals surface area contributed by atoms with Crippen molar-refractivity contribution in [1.82, 2.24) is 0 Å². The fourth-order valence-electron chi connectivity index (χ4n) is 5.61. The van der Waals surface area contributed by atoms with E-state index in [2.05, 4.69) is 41.5 Å². The molecule has 1 N–H and O–H groups in total. The van der Waals surface area contributed by atoms with Gasteiger partial charge in [0.05, 0.1) is 0 Å². The Morgan fingerprint density at radius 2 is 1.47 bits per heavy atom. The molecule has 0 saturated carbocycles. The average molecular weight is 525 g/mol. The first-order valence-electron chi connectivity index (χ1n) is 14.1. The minimum absolute atomic E-state index is 0. The summed E-state index contributed by atoms with van der Waals surface area (Å²) in [5.74, 6) is 3.22. The van der Waals surface area contributed by atoms with E-state index in [9.17, 15) is 4.79 Å². The Labute approximate surface area is 227 Å². The molecule has 1 aromatic carbocycles. The van der Waals surface area contributed by atoms with Crippen LogP contribution < -0.4 is 9.47 Å². The summed E-state index contributed by atoms with van der Waals surface area (Å²) in [6.07, 6.45) is 13.7. The fourth-order valence-corrected chi connectivity index (χ4v) is 5.61. The van der Waals surface area contributed by atoms with Gasteiger partial charge in [0.2, 0.25) is 0 Å². The minimum Gasteiger partial charge on any atom is -0.487 e. The standard InChI is InChI=1S/C31H52O4.ClH/c1-21(2)12-9-13-22(3)14-10-15-23(4)16-11-18-31(8)19-17-27-26(7)29(34-20-28(32)33)24(5)25(6)30(27)35-31;/h21-23H,9-20H2,1-8H3,(H,32,33);1H. The molecule has 208 valence electrons. The molecule has 0 spiro atoms. The molecule has 0 amide bonds. The second kappa shape index (κ2) is 15.1. The molecule has 0 radical (unpaired) electrons. The highest BCUT2D eigenvalue weighted by Gasteiger charge is 2.34. The summed E-state index contributed by atoms with van der Waals surface area (Å²) in [7, 11) is 0. The molecular formula is C31H53ClO4. The van der Waals surface area contributed by atoms with Gasteiger partial charge < -0.3 is 14.6 Å². The molecule has 36 heavy (non-hydrogen) atoms. The molecule has 0 bridgehead atoms. The molecule has 1 aliphatic heterocycles. The summed E-state index contributed by atoms with van der Waals surface area (Å²) < 4.78 is 12.3. The average Bonchev–Trinajstić information content (AvgIpc) is 2.77. The Kier molecular flexibility index (Phi) is 13.7. The normalized spacial score (nSPS) is 18.7. The Morgan fingerprint density at radius 3 is 2.03 bits per heavy atom. The van der Waals surface area contributed by atoms with E-state index in [0.29, 0.717) is 5.75 Å². The van der Waals surface area contributed by atoms with Gasteiger partial charge in [-0.3, -0.25) is 0 Å². The van der Waals surface area contributed by atoms with E-state index in [-0.39, 0.29) is 24.6 Å². The first-order chi connectivity index (χ1) is 16.4. The minimum atomic E-state index is -0.951. The zero-order chi connectivity index (χ0) is 26.2. The Hall–Kier alpha value is -1.42. The third-order valence-electron chi connectivity index (χ3n) is 8.18. The third-order valence-corrected chi connectivity index (χ3v) is 8.18. The highest BCUT2D eigenvalue weighted by atomic mass is 35.5. The lowest BCUT2D eigenvalue weighted by Crippen LogP contribution is -2.37. The van der Waals surface area contributed by atoms with Crippen LogP contribution in [0.2, 0.25) is 0 Å². The monoisotopic (exact) mass is 524 g/mol. The number of hydrogen-bond acceptors (Lipinski definition) is 3. The maximum Gasteiger partial charge on any atom is 0.341 e. The number of carboxylic acids is 1. The maximum absolute atomic E-state index is 11.0. The number of fused-ring (bicyclic) bond motifs is 1. The first-order valence-corrected chi connectivity index (χ1v) is 14.1. The van der Waals surface area contributed by atoms with Crippen molar-refractivity contribution in [2.75, 3.05) is 6.61 Å². The number of benzene rings is 1. The highest BCUT2D eigenvalue weighted by Crippen LogP contribution is 2.45. The fraction of sp³-hybridized carbons (Fsp3) is 0.774. The van der Waals surface area contributed by atoms with Crippen LogP contribution in [-0.2, 0) is 11.2 Å². The molecule has 1 aliphatic rings. The summed E-state index contributed by atoms with van der Waals surface area (Å²) in [6.45, 7) is 17.5. The second-order valence-corrected chi connectivity index (χ2v) is 12.1. The lowest BCUT2D eigenvalue weighted by atomic mass is 9.83. The van der Waals surface area contributed by atoms with Crippen molar-refractivity contribution in [3.05, 3.63) is 22.3 Å². The van der Waals surface area contributed by atoms with Gasteiger partial charge in [0.15, 0.2) is 6.61 Å². The van der Waals surface area contributed by atoms with Gasteiger partial charge in [-0.25, -0.2) is 4.79 Å². The van der Waals surface area contributed by atoms with Crippen molar-refractivity contribution in [2.45, 2.75) is 132 Å². The lowest BCUT2D eigenvalue weighted by Gasteiger charge is -2.38. The van der Waals surface area contributed by atoms with Crippen LogP contribution >= 0.6 is 12.4 Å². The van der Waals surface area contributed by atoms with Crippen LogP contribution in [0.25, 0.3) is 0 Å². The first kappa shape index (κ1) is 32.6. The zero-order valence-corrected chi connectivity index (χ0v) is 25.1. The molecule has 0 aromatic heterocycles. The molecule has 1 aromatic rings. The lowest BCUT2D eigenvalue weighted by molar-refractivity contribution is -0.139. The van der Waals surface area contributed by atoms with E-state index >= 15 is 0 Å². The van der Waals surface area contributed by atoms with Crippen LogP contribution in [-0.4, -0.2) is 23.3 Å². The Balaban J connectivity index is 0.00000648. The molecule has 3 unspecified atom stereocenters. The van der Waals surface area contributed by atoms with E-state index < -0.39 is 5.97 Å². The van der Waals surface area contributed by atoms with Crippen molar-refractivity contribution in [3.8, 4) is 11.5 Å². The largest absolute Gasteiger partial charge is 0.487 e. The number of aliphatic carboxylic acids is 1. The van der Waals surface area contributed by atoms with Crippen molar-refractivity contribution in [1.29, 1.82) is 0 Å². The van der Waals surface area contributed by atoms with Crippen LogP contribution in [0, 0.1) is 38.5 Å². The topological polar surface area (TPSA) is 55.8 Å². The summed E-state index contributed by atoms with van der Waals surface area (Å²) >= 11 is 0. The van der Waals surface area contributed by atoms with Gasteiger partial charge in [-0.15, -0.1) is 12.4 Å². The smallest absolute Gasteiger partial charge is 0.341 e. The van der Waals surface area contributed by atoms with Crippen LogP contribution in [0.5, 0.6) is 11.5 Å². The molecule has 0 fully saturated rings. The Morgan fingerprint density at radius 1 is 0.917 bits per heavy atom. The SMILES string of the molecule is Cc1c(C)c2c(c(C)c1OCC(=O)O)CCC(C)(CCCC(C)CCCC(C)CCCC(C)C)O2.Cl. The number of halogens is 1. The van der Waals surface area contributed by atoms with Crippen molar-refractivity contribution in [3.63, 3.8) is 0 Å². The predicted molar refractivity (Wildman–Crippen MR) is 153 cm³/mol. The van der Waals surface area contributed by atoms with Crippen molar-refractivity contribution in [2.24, 2.45) is 17.8 Å². The van der Waals surface area contributed by atoms with Crippen molar-refractivity contribution >= 4 is 18.4 Å². The van der Waals surface area contributed by atoms with Gasteiger partial charge >= 0.3 is 5.97 Å². The van der Waals surface area contributed by atoms with Gasteiger partial charge in [0, 0.05) is 5.56 Å². The number of ether oxygens (including phenoxy) is 2. The summed E-state index contributed by atoms with van der Waals surface area (Å²) in [6, 6.07) is 0. The van der Waals surface area contributed by atoms with E-state index in [1.54, 1.807) is 0 Å². The molecule has 5 heteroatoms. The predicted octanol–water partition coefficient (Wildman–Crippen LogP) is 9.02. The number of carboxylic acid groups (broad SMARTS) is 1. The van der Waals surface area contributed by atoms with Gasteiger partial charge in [-0.1, -0.05) is 72.6 Å². The molecule has 0 aliphatic carbocycles. The maximum atomic E-state index is 11.0. The van der Waals surface area contributed by atoms with Gasteiger partial charge in [0.1, 0.15) is 17.1 Å². The van der Waals surface area contributed by atoms with E-state index in [1.807, 2.05) is 13.8 Å². The summed E-state index contributed by atoms with van der Waals surface area (Å²) in [5.41, 5.74) is 4.14. The van der Waals surface area contributed by atoms with Crippen LogP contribution in [0.15, 0.2) is 0 Å². The van der Waals surface area contributed by atoms with Crippen molar-refractivity contribution < 1.29 is 19.4 Å². The van der Waals surface area contributed by atoms with Crippen LogP contribution in [0.1, 0.15) is 121 Å². The van der Waals surface area contributed by atoms with Gasteiger partial charge in [0.25, 0.3) is 0 Å². The van der Waals surface area contributed by atoms with E-state index in [4.69, 9.17) is 14.6 Å². The molecule has 1 heterocycles. The van der Waals surface area contributed by atoms with E-state index in [1.165, 1.54) is 56.9 Å². The van der Waals surface area contributed by atoms with Gasteiger partial charge in [-0.05, 0) is 87.8 Å². The molecule has 0 saturated heterocycles. The second-order valence-electron chi connectivity index (χ2n) is 12.1. The van der Waals surface area contributed by atoms with Crippen LogP contribution in [0.4, 0.5) is 0 Å². The highest BCUT2D eigenvalue weighted by molar-refractivity contribution is 5.85. The zero-order valence-electron chi connectivity index (χ0n) is 24.3. The van der Waals surface area contributed by atoms with Crippen LogP contribution in [0.3, 0.4) is 0 Å².